The number of rotatable bonds is 5. The van der Waals surface area contributed by atoms with Crippen molar-refractivity contribution < 1.29 is 13.2 Å². The Balaban J connectivity index is 1.64. The van der Waals surface area contributed by atoms with Crippen LogP contribution >= 0.6 is 0 Å². The van der Waals surface area contributed by atoms with E-state index in [9.17, 15) is 13.2 Å². The van der Waals surface area contributed by atoms with Crippen LogP contribution in [0.1, 0.15) is 34.8 Å². The Morgan fingerprint density at radius 2 is 1.73 bits per heavy atom. The van der Waals surface area contributed by atoms with Crippen LogP contribution in [0.4, 0.5) is 11.4 Å². The van der Waals surface area contributed by atoms with Crippen molar-refractivity contribution in [1.82, 2.24) is 0 Å². The van der Waals surface area contributed by atoms with Crippen LogP contribution in [0.3, 0.4) is 0 Å². The second kappa shape index (κ2) is 8.32. The zero-order chi connectivity index (χ0) is 21.1. The number of carbonyl (C=O) groups is 1. The molecule has 6 heteroatoms. The summed E-state index contributed by atoms with van der Waals surface area (Å²) in [5, 5.41) is 0. The first kappa shape index (κ1) is 20.2. The lowest BCUT2D eigenvalue weighted by atomic mass is 10.0. The van der Waals surface area contributed by atoms with Gasteiger partial charge in [-0.15, -0.1) is 0 Å². The monoisotopic (exact) mass is 420 g/mol. The standard InChI is InChI=1S/C24H24N2O3S/c1-2-18-9-6-7-13-22(18)25-30(28,29)21-14-15-23-20(17-21)12-8-16-26(23)24(27)19-10-4-3-5-11-19/h3-7,9-11,13-15,17,25H,2,8,12,16H2,1H3. The molecule has 0 aromatic heterocycles. The van der Waals surface area contributed by atoms with Crippen molar-refractivity contribution in [1.29, 1.82) is 0 Å². The van der Waals surface area contributed by atoms with Crippen molar-refractivity contribution >= 4 is 27.3 Å². The third kappa shape index (κ3) is 3.96. The van der Waals surface area contributed by atoms with Gasteiger partial charge in [0.25, 0.3) is 15.9 Å². The Bertz CT molecular complexity index is 1170. The average Bonchev–Trinajstić information content (AvgIpc) is 2.78. The average molecular weight is 421 g/mol. The molecule has 4 rings (SSSR count). The van der Waals surface area contributed by atoms with Gasteiger partial charge >= 0.3 is 0 Å². The number of hydrogen-bond acceptors (Lipinski definition) is 3. The molecule has 1 aliphatic heterocycles. The second-order valence-corrected chi connectivity index (χ2v) is 9.02. The first-order valence-corrected chi connectivity index (χ1v) is 11.6. The van der Waals surface area contributed by atoms with E-state index in [4.69, 9.17) is 0 Å². The molecule has 0 bridgehead atoms. The summed E-state index contributed by atoms with van der Waals surface area (Å²) >= 11 is 0. The highest BCUT2D eigenvalue weighted by molar-refractivity contribution is 7.92. The van der Waals surface area contributed by atoms with Gasteiger partial charge in [-0.05, 0) is 66.8 Å². The van der Waals surface area contributed by atoms with Crippen LogP contribution in [-0.4, -0.2) is 20.9 Å². The van der Waals surface area contributed by atoms with E-state index in [0.717, 1.165) is 36.1 Å². The van der Waals surface area contributed by atoms with Gasteiger partial charge in [0.05, 0.1) is 10.6 Å². The van der Waals surface area contributed by atoms with E-state index in [1.807, 2.05) is 43.3 Å². The zero-order valence-corrected chi connectivity index (χ0v) is 17.7. The van der Waals surface area contributed by atoms with Crippen molar-refractivity contribution in [2.75, 3.05) is 16.2 Å². The van der Waals surface area contributed by atoms with Gasteiger partial charge in [-0.2, -0.15) is 0 Å². The van der Waals surface area contributed by atoms with Crippen molar-refractivity contribution in [3.63, 3.8) is 0 Å². The summed E-state index contributed by atoms with van der Waals surface area (Å²) in [6.45, 7) is 2.61. The van der Waals surface area contributed by atoms with Gasteiger partial charge in [-0.1, -0.05) is 43.3 Å². The molecule has 154 valence electrons. The fourth-order valence-corrected chi connectivity index (χ4v) is 4.97. The number of carbonyl (C=O) groups excluding carboxylic acids is 1. The number of fused-ring (bicyclic) bond motifs is 1. The van der Waals surface area contributed by atoms with E-state index in [-0.39, 0.29) is 10.8 Å². The number of para-hydroxylation sites is 1. The Morgan fingerprint density at radius 3 is 2.50 bits per heavy atom. The molecule has 1 N–H and O–H groups in total. The Morgan fingerprint density at radius 1 is 1.00 bits per heavy atom. The highest BCUT2D eigenvalue weighted by atomic mass is 32.2. The van der Waals surface area contributed by atoms with Crippen LogP contribution in [0.25, 0.3) is 0 Å². The van der Waals surface area contributed by atoms with Gasteiger partial charge in [0.1, 0.15) is 0 Å². The maximum atomic E-state index is 13.0. The maximum absolute atomic E-state index is 13.0. The van der Waals surface area contributed by atoms with Gasteiger partial charge in [0.15, 0.2) is 0 Å². The molecular formula is C24H24N2O3S. The minimum atomic E-state index is -3.72. The van der Waals surface area contributed by atoms with Crippen molar-refractivity contribution in [2.24, 2.45) is 0 Å². The molecule has 30 heavy (non-hydrogen) atoms. The van der Waals surface area contributed by atoms with E-state index >= 15 is 0 Å². The third-order valence-corrected chi connectivity index (χ3v) is 6.75. The Hall–Kier alpha value is -3.12. The van der Waals surface area contributed by atoms with Crippen molar-refractivity contribution in [3.8, 4) is 0 Å². The van der Waals surface area contributed by atoms with Gasteiger partial charge < -0.3 is 4.90 Å². The predicted octanol–water partition coefficient (Wildman–Crippen LogP) is 4.64. The molecule has 0 saturated heterocycles. The summed E-state index contributed by atoms with van der Waals surface area (Å²) in [4.78, 5) is 14.9. The van der Waals surface area contributed by atoms with E-state index in [2.05, 4.69) is 4.72 Å². The fraction of sp³-hybridized carbons (Fsp3) is 0.208. The van der Waals surface area contributed by atoms with Crippen LogP contribution in [0.15, 0.2) is 77.7 Å². The van der Waals surface area contributed by atoms with Gasteiger partial charge in [-0.3, -0.25) is 9.52 Å². The van der Waals surface area contributed by atoms with Crippen LogP contribution in [0.2, 0.25) is 0 Å². The van der Waals surface area contributed by atoms with Crippen LogP contribution in [-0.2, 0) is 22.9 Å². The smallest absolute Gasteiger partial charge is 0.261 e. The fourth-order valence-electron chi connectivity index (χ4n) is 3.82. The maximum Gasteiger partial charge on any atom is 0.261 e. The molecule has 0 unspecified atom stereocenters. The van der Waals surface area contributed by atoms with E-state index in [0.29, 0.717) is 17.8 Å². The number of amides is 1. The molecule has 1 heterocycles. The molecule has 0 radical (unpaired) electrons. The lowest BCUT2D eigenvalue weighted by molar-refractivity contribution is 0.0985. The van der Waals surface area contributed by atoms with Gasteiger partial charge in [-0.25, -0.2) is 8.42 Å². The molecule has 3 aromatic carbocycles. The molecule has 1 amide bonds. The van der Waals surface area contributed by atoms with Gasteiger partial charge in [0, 0.05) is 17.8 Å². The lowest BCUT2D eigenvalue weighted by Gasteiger charge is -2.30. The minimum absolute atomic E-state index is 0.0674. The summed E-state index contributed by atoms with van der Waals surface area (Å²) in [7, 11) is -3.72. The van der Waals surface area contributed by atoms with Crippen LogP contribution in [0.5, 0.6) is 0 Å². The highest BCUT2D eigenvalue weighted by Gasteiger charge is 2.25. The van der Waals surface area contributed by atoms with E-state index in [1.54, 1.807) is 41.3 Å². The number of sulfonamides is 1. The summed E-state index contributed by atoms with van der Waals surface area (Å²) in [5.74, 6) is -0.0674. The molecule has 0 saturated carbocycles. The normalized spacial score (nSPS) is 13.6. The minimum Gasteiger partial charge on any atom is -0.308 e. The number of benzene rings is 3. The summed E-state index contributed by atoms with van der Waals surface area (Å²) < 4.78 is 28.7. The number of nitrogens with zero attached hydrogens (tertiary/aromatic N) is 1. The molecule has 5 nitrogen and oxygen atoms in total. The van der Waals surface area contributed by atoms with Crippen LogP contribution in [0, 0.1) is 0 Å². The summed E-state index contributed by atoms with van der Waals surface area (Å²) in [6.07, 6.45) is 2.27. The third-order valence-electron chi connectivity index (χ3n) is 5.39. The molecule has 0 spiro atoms. The summed E-state index contributed by atoms with van der Waals surface area (Å²) in [5.41, 5.74) is 3.82. The SMILES string of the molecule is CCc1ccccc1NS(=O)(=O)c1ccc2c(c1)CCCN2C(=O)c1ccccc1. The Labute approximate surface area is 177 Å². The summed E-state index contributed by atoms with van der Waals surface area (Å²) in [6, 6.07) is 21.6. The zero-order valence-electron chi connectivity index (χ0n) is 16.8. The van der Waals surface area contributed by atoms with Gasteiger partial charge in [0.2, 0.25) is 0 Å². The quantitative estimate of drug-likeness (QED) is 0.654. The topological polar surface area (TPSA) is 66.5 Å². The molecule has 0 aliphatic carbocycles. The van der Waals surface area contributed by atoms with E-state index in [1.165, 1.54) is 0 Å². The number of hydrogen-bond donors (Lipinski definition) is 1. The lowest BCUT2D eigenvalue weighted by Crippen LogP contribution is -2.35. The first-order valence-electron chi connectivity index (χ1n) is 10.1. The molecule has 0 atom stereocenters. The largest absolute Gasteiger partial charge is 0.308 e. The Kier molecular flexibility index (Phi) is 5.59. The molecular weight excluding hydrogens is 396 g/mol. The highest BCUT2D eigenvalue weighted by Crippen LogP contribution is 2.31. The van der Waals surface area contributed by atoms with E-state index < -0.39 is 10.0 Å². The van der Waals surface area contributed by atoms with Crippen LogP contribution < -0.4 is 9.62 Å². The molecule has 3 aromatic rings. The van der Waals surface area contributed by atoms with Crippen molar-refractivity contribution in [3.05, 3.63) is 89.5 Å². The number of anilines is 2. The predicted molar refractivity (Wildman–Crippen MR) is 120 cm³/mol. The molecule has 1 aliphatic rings. The number of aryl methyl sites for hydroxylation is 2. The second-order valence-electron chi connectivity index (χ2n) is 7.33. The number of nitrogens with one attached hydrogen (secondary N) is 1. The first-order chi connectivity index (χ1) is 14.5. The molecule has 0 fully saturated rings. The van der Waals surface area contributed by atoms with Crippen molar-refractivity contribution in [2.45, 2.75) is 31.1 Å².